The van der Waals surface area contributed by atoms with Gasteiger partial charge in [0.25, 0.3) is 0 Å². The highest BCUT2D eigenvalue weighted by molar-refractivity contribution is 7.10. The van der Waals surface area contributed by atoms with Gasteiger partial charge in [0.05, 0.1) is 23.0 Å². The Morgan fingerprint density at radius 2 is 2.22 bits per heavy atom. The first-order chi connectivity index (χ1) is 8.70. The molecule has 0 unspecified atom stereocenters. The van der Waals surface area contributed by atoms with E-state index in [-0.39, 0.29) is 0 Å². The van der Waals surface area contributed by atoms with Crippen molar-refractivity contribution in [3.63, 3.8) is 0 Å². The van der Waals surface area contributed by atoms with Crippen LogP contribution in [0.5, 0.6) is 0 Å². The van der Waals surface area contributed by atoms with Crippen LogP contribution >= 0.6 is 11.3 Å². The van der Waals surface area contributed by atoms with Crippen LogP contribution in [0.25, 0.3) is 0 Å². The van der Waals surface area contributed by atoms with Gasteiger partial charge >= 0.3 is 0 Å². The van der Waals surface area contributed by atoms with Gasteiger partial charge in [-0.15, -0.1) is 11.3 Å². The molecular weight excluding hydrogens is 242 g/mol. The van der Waals surface area contributed by atoms with E-state index >= 15 is 0 Å². The molecular formula is C14H15N3S. The van der Waals surface area contributed by atoms with Crippen LogP contribution < -0.4 is 11.1 Å². The van der Waals surface area contributed by atoms with Crippen molar-refractivity contribution in [2.45, 2.75) is 13.3 Å². The lowest BCUT2D eigenvalue weighted by molar-refractivity contribution is 1.03. The molecule has 0 saturated heterocycles. The lowest BCUT2D eigenvalue weighted by Gasteiger charge is -2.09. The van der Waals surface area contributed by atoms with Crippen LogP contribution in [0, 0.1) is 18.3 Å². The average molecular weight is 257 g/mol. The Kier molecular flexibility index (Phi) is 3.85. The molecule has 0 radical (unpaired) electrons. The third kappa shape index (κ3) is 2.82. The quantitative estimate of drug-likeness (QED) is 0.827. The fourth-order valence-corrected chi connectivity index (χ4v) is 2.66. The van der Waals surface area contributed by atoms with Crippen LogP contribution in [0.4, 0.5) is 11.4 Å². The number of hydrogen-bond acceptors (Lipinski definition) is 4. The van der Waals surface area contributed by atoms with Gasteiger partial charge in [-0.3, -0.25) is 0 Å². The van der Waals surface area contributed by atoms with Crippen LogP contribution in [-0.4, -0.2) is 6.54 Å². The highest BCUT2D eigenvalue weighted by Gasteiger charge is 2.02. The van der Waals surface area contributed by atoms with Gasteiger partial charge in [-0.2, -0.15) is 5.26 Å². The summed E-state index contributed by atoms with van der Waals surface area (Å²) in [5, 5.41) is 14.2. The van der Waals surface area contributed by atoms with Crippen molar-refractivity contribution in [2.75, 3.05) is 17.6 Å². The number of benzene rings is 1. The molecule has 2 aromatic rings. The summed E-state index contributed by atoms with van der Waals surface area (Å²) in [6.07, 6.45) is 0.972. The van der Waals surface area contributed by atoms with E-state index in [2.05, 4.69) is 29.8 Å². The molecule has 2 rings (SSSR count). The van der Waals surface area contributed by atoms with E-state index in [1.165, 1.54) is 10.4 Å². The normalized spacial score (nSPS) is 10.0. The predicted octanol–water partition coefficient (Wildman–Crippen LogP) is 3.17. The second-order valence-electron chi connectivity index (χ2n) is 4.12. The van der Waals surface area contributed by atoms with Crippen LogP contribution in [-0.2, 0) is 6.42 Å². The second kappa shape index (κ2) is 5.56. The number of nitriles is 1. The summed E-state index contributed by atoms with van der Waals surface area (Å²) < 4.78 is 0. The van der Waals surface area contributed by atoms with Crippen molar-refractivity contribution in [1.82, 2.24) is 0 Å². The fourth-order valence-electron chi connectivity index (χ4n) is 1.75. The third-order valence-electron chi connectivity index (χ3n) is 2.82. The van der Waals surface area contributed by atoms with Crippen molar-refractivity contribution in [3.8, 4) is 6.07 Å². The minimum atomic E-state index is 0.624. The lowest BCUT2D eigenvalue weighted by atomic mass is 10.2. The van der Waals surface area contributed by atoms with Gasteiger partial charge in [0.2, 0.25) is 0 Å². The molecule has 0 fully saturated rings. The fraction of sp³-hybridized carbons (Fsp3) is 0.214. The number of nitrogens with one attached hydrogen (secondary N) is 1. The first-order valence-electron chi connectivity index (χ1n) is 5.77. The molecule has 4 heteroatoms. The molecule has 1 aromatic carbocycles. The highest BCUT2D eigenvalue weighted by atomic mass is 32.1. The molecule has 0 saturated carbocycles. The van der Waals surface area contributed by atoms with Crippen molar-refractivity contribution >= 4 is 22.7 Å². The number of nitrogens with zero attached hydrogens (tertiary/aromatic N) is 1. The Hall–Kier alpha value is -1.99. The van der Waals surface area contributed by atoms with Gasteiger partial charge < -0.3 is 11.1 Å². The van der Waals surface area contributed by atoms with Crippen LogP contribution in [0.3, 0.4) is 0 Å². The van der Waals surface area contributed by atoms with Gasteiger partial charge in [-0.05, 0) is 48.6 Å². The third-order valence-corrected chi connectivity index (χ3v) is 3.90. The van der Waals surface area contributed by atoms with Crippen molar-refractivity contribution in [1.29, 1.82) is 5.26 Å². The Balaban J connectivity index is 1.98. The van der Waals surface area contributed by atoms with Crippen molar-refractivity contribution in [2.24, 2.45) is 0 Å². The topological polar surface area (TPSA) is 61.8 Å². The Bertz CT molecular complexity index is 581. The lowest BCUT2D eigenvalue weighted by Crippen LogP contribution is -2.06. The monoisotopic (exact) mass is 257 g/mol. The molecule has 1 heterocycles. The highest BCUT2D eigenvalue weighted by Crippen LogP contribution is 2.21. The number of thiophene rings is 1. The maximum atomic E-state index is 8.85. The summed E-state index contributed by atoms with van der Waals surface area (Å²) in [6, 6.07) is 9.52. The summed E-state index contributed by atoms with van der Waals surface area (Å²) >= 11 is 1.77. The molecule has 0 atom stereocenters. The Morgan fingerprint density at radius 1 is 1.39 bits per heavy atom. The van der Waals surface area contributed by atoms with Crippen molar-refractivity contribution in [3.05, 3.63) is 45.6 Å². The first kappa shape index (κ1) is 12.5. The van der Waals surface area contributed by atoms with Crippen LogP contribution in [0.2, 0.25) is 0 Å². The van der Waals surface area contributed by atoms with E-state index in [9.17, 15) is 0 Å². The smallest absolute Gasteiger partial charge is 0.0992 e. The molecule has 1 aromatic heterocycles. The molecule has 0 spiro atoms. The zero-order valence-electron chi connectivity index (χ0n) is 10.2. The number of aryl methyl sites for hydroxylation is 1. The standard InChI is InChI=1S/C14H15N3S/c1-10-5-7-18-14(10)4-6-17-13-8-11(9-15)2-3-12(13)16/h2-3,5,7-8,17H,4,6,16H2,1H3. The minimum Gasteiger partial charge on any atom is -0.397 e. The predicted molar refractivity (Wildman–Crippen MR) is 76.8 cm³/mol. The van der Waals surface area contributed by atoms with Crippen LogP contribution in [0.1, 0.15) is 16.0 Å². The van der Waals surface area contributed by atoms with Gasteiger partial charge in [-0.1, -0.05) is 0 Å². The molecule has 0 aliphatic heterocycles. The maximum Gasteiger partial charge on any atom is 0.0992 e. The summed E-state index contributed by atoms with van der Waals surface area (Å²) in [6.45, 7) is 2.94. The van der Waals surface area contributed by atoms with E-state index in [0.29, 0.717) is 11.3 Å². The first-order valence-corrected chi connectivity index (χ1v) is 6.65. The molecule has 92 valence electrons. The summed E-state index contributed by atoms with van der Waals surface area (Å²) in [5.41, 5.74) is 9.34. The largest absolute Gasteiger partial charge is 0.397 e. The molecule has 18 heavy (non-hydrogen) atoms. The number of hydrogen-bond donors (Lipinski definition) is 2. The number of anilines is 2. The summed E-state index contributed by atoms with van der Waals surface area (Å²) in [4.78, 5) is 1.39. The number of nitrogens with two attached hydrogens (primary N) is 1. The van der Waals surface area contributed by atoms with E-state index in [1.807, 2.05) is 0 Å². The molecule has 0 bridgehead atoms. The Labute approximate surface area is 111 Å². The zero-order valence-corrected chi connectivity index (χ0v) is 11.1. The molecule has 3 N–H and O–H groups in total. The van der Waals surface area contributed by atoms with E-state index in [4.69, 9.17) is 11.0 Å². The number of nitrogen functional groups attached to an aromatic ring is 1. The van der Waals surface area contributed by atoms with Gasteiger partial charge in [0, 0.05) is 11.4 Å². The van der Waals surface area contributed by atoms with E-state index in [1.54, 1.807) is 29.5 Å². The van der Waals surface area contributed by atoms with Gasteiger partial charge in [-0.25, -0.2) is 0 Å². The minimum absolute atomic E-state index is 0.624. The van der Waals surface area contributed by atoms with Crippen molar-refractivity contribution < 1.29 is 0 Å². The molecule has 0 amide bonds. The van der Waals surface area contributed by atoms with E-state index < -0.39 is 0 Å². The molecule has 0 aliphatic rings. The van der Waals surface area contributed by atoms with Gasteiger partial charge in [0.15, 0.2) is 0 Å². The molecule has 0 aliphatic carbocycles. The zero-order chi connectivity index (χ0) is 13.0. The average Bonchev–Trinajstić information content (AvgIpc) is 2.77. The van der Waals surface area contributed by atoms with Crippen LogP contribution in [0.15, 0.2) is 29.6 Å². The second-order valence-corrected chi connectivity index (χ2v) is 5.12. The summed E-state index contributed by atoms with van der Waals surface area (Å²) in [5.74, 6) is 0. The SMILES string of the molecule is Cc1ccsc1CCNc1cc(C#N)ccc1N. The maximum absolute atomic E-state index is 8.85. The number of rotatable bonds is 4. The Morgan fingerprint density at radius 3 is 2.89 bits per heavy atom. The molecule has 3 nitrogen and oxygen atoms in total. The van der Waals surface area contributed by atoms with E-state index in [0.717, 1.165) is 18.7 Å². The summed E-state index contributed by atoms with van der Waals surface area (Å²) in [7, 11) is 0. The van der Waals surface area contributed by atoms with Gasteiger partial charge in [0.1, 0.15) is 0 Å².